The van der Waals surface area contributed by atoms with Crippen LogP contribution in [-0.2, 0) is 17.9 Å². The number of hydrogen-bond acceptors (Lipinski definition) is 3. The van der Waals surface area contributed by atoms with Gasteiger partial charge in [0.15, 0.2) is 0 Å². The van der Waals surface area contributed by atoms with E-state index in [1.807, 2.05) is 31.2 Å². The lowest BCUT2D eigenvalue weighted by Gasteiger charge is -2.16. The average molecular weight is 465 g/mol. The second-order valence-corrected chi connectivity index (χ2v) is 8.09. The Balaban J connectivity index is 1.52. The Morgan fingerprint density at radius 1 is 1.03 bits per heavy atom. The molecule has 0 spiro atoms. The number of amides is 2. The summed E-state index contributed by atoms with van der Waals surface area (Å²) in [6.45, 7) is 2.13. The first-order chi connectivity index (χ1) is 15.9. The summed E-state index contributed by atoms with van der Waals surface area (Å²) in [5.41, 5.74) is 2.79. The van der Waals surface area contributed by atoms with Gasteiger partial charge < -0.3 is 15.2 Å². The second kappa shape index (κ2) is 9.83. The molecule has 2 amide bonds. The number of halogens is 2. The van der Waals surface area contributed by atoms with E-state index in [1.165, 1.54) is 12.1 Å². The molecular formula is C25H22ClFN4O2. The van der Waals surface area contributed by atoms with E-state index in [9.17, 15) is 14.0 Å². The smallest absolute Gasteiger partial charge is 0.251 e. The minimum Gasteiger partial charge on any atom is -0.350 e. The van der Waals surface area contributed by atoms with Gasteiger partial charge in [0.2, 0.25) is 5.91 Å². The van der Waals surface area contributed by atoms with Gasteiger partial charge in [-0.3, -0.25) is 9.59 Å². The van der Waals surface area contributed by atoms with Gasteiger partial charge in [-0.1, -0.05) is 35.9 Å². The van der Waals surface area contributed by atoms with Crippen molar-refractivity contribution in [2.75, 3.05) is 0 Å². The molecule has 168 valence electrons. The molecule has 0 saturated carbocycles. The van der Waals surface area contributed by atoms with Crippen LogP contribution in [0.2, 0.25) is 5.02 Å². The van der Waals surface area contributed by atoms with E-state index >= 15 is 0 Å². The summed E-state index contributed by atoms with van der Waals surface area (Å²) in [4.78, 5) is 30.0. The Hall–Kier alpha value is -3.71. The Bertz CT molecular complexity index is 1290. The summed E-state index contributed by atoms with van der Waals surface area (Å²) < 4.78 is 14.9. The number of carbonyl (C=O) groups excluding carboxylic acids is 2. The maximum Gasteiger partial charge on any atom is 0.251 e. The molecule has 0 bridgehead atoms. The summed E-state index contributed by atoms with van der Waals surface area (Å²) in [5.74, 6) is -0.247. The van der Waals surface area contributed by atoms with Crippen molar-refractivity contribution >= 4 is 34.4 Å². The van der Waals surface area contributed by atoms with E-state index in [0.717, 1.165) is 16.6 Å². The van der Waals surface area contributed by atoms with Crippen LogP contribution in [0.4, 0.5) is 4.39 Å². The Labute approximate surface area is 195 Å². The molecule has 0 aliphatic rings. The molecule has 33 heavy (non-hydrogen) atoms. The summed E-state index contributed by atoms with van der Waals surface area (Å²) in [5, 5.41) is 6.34. The molecular weight excluding hydrogens is 443 g/mol. The van der Waals surface area contributed by atoms with Gasteiger partial charge >= 0.3 is 0 Å². The van der Waals surface area contributed by atoms with Crippen LogP contribution >= 0.6 is 11.6 Å². The minimum absolute atomic E-state index is 0.0260. The van der Waals surface area contributed by atoms with Crippen LogP contribution in [0.25, 0.3) is 11.0 Å². The maximum absolute atomic E-state index is 13.1. The molecule has 6 nitrogen and oxygen atoms in total. The van der Waals surface area contributed by atoms with Crippen molar-refractivity contribution < 1.29 is 14.0 Å². The predicted octanol–water partition coefficient (Wildman–Crippen LogP) is 4.64. The fourth-order valence-electron chi connectivity index (χ4n) is 3.54. The first-order valence-corrected chi connectivity index (χ1v) is 10.8. The number of nitrogens with one attached hydrogen (secondary N) is 2. The number of para-hydroxylation sites is 2. The standard InChI is InChI=1S/C25H22ClFN4O2/c1-16(29-25(33)18-8-10-19(26)11-9-18)24-30-21-4-2-3-5-22(21)31(24)15-23(32)28-14-17-6-12-20(27)13-7-17/h2-13,16H,14-15H2,1H3,(H,28,32)(H,29,33). The van der Waals surface area contributed by atoms with Crippen molar-refractivity contribution in [1.82, 2.24) is 20.2 Å². The molecule has 1 unspecified atom stereocenters. The van der Waals surface area contributed by atoms with Crippen LogP contribution in [0, 0.1) is 5.82 Å². The summed E-state index contributed by atoms with van der Waals surface area (Å²) in [7, 11) is 0. The van der Waals surface area contributed by atoms with E-state index in [0.29, 0.717) is 16.4 Å². The quantitative estimate of drug-likeness (QED) is 0.418. The van der Waals surface area contributed by atoms with E-state index in [4.69, 9.17) is 11.6 Å². The molecule has 0 radical (unpaired) electrons. The van der Waals surface area contributed by atoms with Crippen LogP contribution in [0.15, 0.2) is 72.8 Å². The summed E-state index contributed by atoms with van der Waals surface area (Å²) >= 11 is 5.90. The zero-order valence-corrected chi connectivity index (χ0v) is 18.6. The number of fused-ring (bicyclic) bond motifs is 1. The molecule has 8 heteroatoms. The van der Waals surface area contributed by atoms with Gasteiger partial charge in [0.1, 0.15) is 18.2 Å². The minimum atomic E-state index is -0.453. The highest BCUT2D eigenvalue weighted by molar-refractivity contribution is 6.30. The van der Waals surface area contributed by atoms with E-state index in [1.54, 1.807) is 41.0 Å². The van der Waals surface area contributed by atoms with Crippen LogP contribution < -0.4 is 10.6 Å². The SMILES string of the molecule is CC(NC(=O)c1ccc(Cl)cc1)c1nc2ccccc2n1CC(=O)NCc1ccc(F)cc1. The highest BCUT2D eigenvalue weighted by Crippen LogP contribution is 2.21. The number of benzene rings is 3. The van der Waals surface area contributed by atoms with E-state index < -0.39 is 6.04 Å². The highest BCUT2D eigenvalue weighted by atomic mass is 35.5. The van der Waals surface area contributed by atoms with Crippen LogP contribution in [0.5, 0.6) is 0 Å². The molecule has 1 heterocycles. The zero-order valence-electron chi connectivity index (χ0n) is 17.9. The largest absolute Gasteiger partial charge is 0.350 e. The number of hydrogen-bond donors (Lipinski definition) is 2. The lowest BCUT2D eigenvalue weighted by molar-refractivity contribution is -0.121. The van der Waals surface area contributed by atoms with Crippen molar-refractivity contribution in [1.29, 1.82) is 0 Å². The highest BCUT2D eigenvalue weighted by Gasteiger charge is 2.20. The van der Waals surface area contributed by atoms with Gasteiger partial charge in [0, 0.05) is 17.1 Å². The van der Waals surface area contributed by atoms with Gasteiger partial charge in [-0.25, -0.2) is 9.37 Å². The first kappa shape index (κ1) is 22.5. The second-order valence-electron chi connectivity index (χ2n) is 7.65. The third kappa shape index (κ3) is 5.38. The van der Waals surface area contributed by atoms with E-state index in [-0.39, 0.29) is 30.7 Å². The molecule has 2 N–H and O–H groups in total. The number of nitrogens with zero attached hydrogens (tertiary/aromatic N) is 2. The Morgan fingerprint density at radius 3 is 2.45 bits per heavy atom. The summed E-state index contributed by atoms with van der Waals surface area (Å²) in [6.07, 6.45) is 0. The lowest BCUT2D eigenvalue weighted by Crippen LogP contribution is -2.31. The van der Waals surface area contributed by atoms with Gasteiger partial charge in [0.05, 0.1) is 17.1 Å². The van der Waals surface area contributed by atoms with Crippen molar-refractivity contribution in [2.45, 2.75) is 26.1 Å². The predicted molar refractivity (Wildman–Crippen MR) is 125 cm³/mol. The third-order valence-corrected chi connectivity index (χ3v) is 5.48. The monoisotopic (exact) mass is 464 g/mol. The zero-order chi connectivity index (χ0) is 23.4. The molecule has 0 saturated heterocycles. The molecule has 4 aromatic rings. The topological polar surface area (TPSA) is 76.0 Å². The van der Waals surface area contributed by atoms with Gasteiger partial charge in [-0.2, -0.15) is 0 Å². The lowest BCUT2D eigenvalue weighted by atomic mass is 10.2. The van der Waals surface area contributed by atoms with Crippen molar-refractivity contribution in [3.8, 4) is 0 Å². The maximum atomic E-state index is 13.1. The van der Waals surface area contributed by atoms with Crippen LogP contribution in [0.1, 0.15) is 34.7 Å². The first-order valence-electron chi connectivity index (χ1n) is 10.4. The van der Waals surface area contributed by atoms with Gasteiger partial charge in [-0.05, 0) is 61.0 Å². The van der Waals surface area contributed by atoms with Crippen molar-refractivity contribution in [2.24, 2.45) is 0 Å². The molecule has 4 rings (SSSR count). The summed E-state index contributed by atoms with van der Waals surface area (Å²) in [6, 6.07) is 19.6. The van der Waals surface area contributed by atoms with Crippen molar-refractivity contribution in [3.63, 3.8) is 0 Å². The molecule has 0 fully saturated rings. The van der Waals surface area contributed by atoms with E-state index in [2.05, 4.69) is 15.6 Å². The van der Waals surface area contributed by atoms with Crippen molar-refractivity contribution in [3.05, 3.63) is 101 Å². The van der Waals surface area contributed by atoms with Gasteiger partial charge in [-0.15, -0.1) is 0 Å². The molecule has 0 aliphatic heterocycles. The number of carbonyl (C=O) groups is 2. The Morgan fingerprint density at radius 2 is 1.73 bits per heavy atom. The molecule has 3 aromatic carbocycles. The van der Waals surface area contributed by atoms with Crippen LogP contribution in [-0.4, -0.2) is 21.4 Å². The van der Waals surface area contributed by atoms with Gasteiger partial charge in [0.25, 0.3) is 5.91 Å². The number of rotatable bonds is 7. The number of imidazole rings is 1. The molecule has 1 aromatic heterocycles. The van der Waals surface area contributed by atoms with Crippen LogP contribution in [0.3, 0.4) is 0 Å². The molecule has 1 atom stereocenters. The Kier molecular flexibility index (Phi) is 6.70. The fourth-order valence-corrected chi connectivity index (χ4v) is 3.67. The number of aromatic nitrogens is 2. The normalized spacial score (nSPS) is 11.8. The fraction of sp³-hybridized carbons (Fsp3) is 0.160. The molecule has 0 aliphatic carbocycles. The average Bonchev–Trinajstić information content (AvgIpc) is 3.17. The third-order valence-electron chi connectivity index (χ3n) is 5.23.